The molecule has 1 aliphatic rings. The van der Waals surface area contributed by atoms with Crippen molar-refractivity contribution in [1.82, 2.24) is 11.5 Å². The van der Waals surface area contributed by atoms with Gasteiger partial charge in [-0.15, -0.1) is 12.4 Å². The Morgan fingerprint density at radius 1 is 0.765 bits per heavy atom. The number of aliphatic hydroxyl groups excluding tert-OH is 3. The fourth-order valence-electron chi connectivity index (χ4n) is 4.73. The quantitative estimate of drug-likeness (QED) is 0.141. The lowest BCUT2D eigenvalue weighted by Gasteiger charge is -2.48. The molecule has 0 amide bonds. The van der Waals surface area contributed by atoms with Crippen molar-refractivity contribution in [3.8, 4) is 0 Å². The van der Waals surface area contributed by atoms with E-state index in [1.54, 1.807) is 6.92 Å². The van der Waals surface area contributed by atoms with E-state index < -0.39 is 30.1 Å². The second-order valence-corrected chi connectivity index (χ2v) is 9.78. The summed E-state index contributed by atoms with van der Waals surface area (Å²) in [6, 6.07) is -0.540. The van der Waals surface area contributed by atoms with Crippen molar-refractivity contribution in [2.45, 2.75) is 147 Å². The molecule has 0 radical (unpaired) electrons. The van der Waals surface area contributed by atoms with Gasteiger partial charge in [-0.05, 0) is 19.9 Å². The first-order chi connectivity index (χ1) is 15.5. The fourth-order valence-corrected chi connectivity index (χ4v) is 4.73. The van der Waals surface area contributed by atoms with E-state index in [1.807, 2.05) is 0 Å². The minimum Gasteiger partial charge on any atom is -0.394 e. The molecule has 5 atom stereocenters. The Morgan fingerprint density at radius 3 is 1.56 bits per heavy atom. The van der Waals surface area contributed by atoms with Gasteiger partial charge in [0.25, 0.3) is 0 Å². The smallest absolute Gasteiger partial charge is 0.183 e. The number of nitrogens with one attached hydrogen (secondary N) is 1. The highest BCUT2D eigenvalue weighted by molar-refractivity contribution is 5.85. The molecule has 1 heterocycles. The number of aliphatic hydroxyl groups is 3. The summed E-state index contributed by atoms with van der Waals surface area (Å²) >= 11 is 0. The van der Waals surface area contributed by atoms with Crippen LogP contribution in [0.4, 0.5) is 0 Å². The number of rotatable bonds is 20. The van der Waals surface area contributed by atoms with Crippen LogP contribution in [0.1, 0.15) is 117 Å². The van der Waals surface area contributed by atoms with Crippen LogP contribution in [0.2, 0.25) is 0 Å². The molecule has 34 heavy (non-hydrogen) atoms. The second kappa shape index (κ2) is 22.2. The van der Waals surface area contributed by atoms with Crippen molar-refractivity contribution in [2.24, 2.45) is 0 Å². The Kier molecular flexibility index (Phi) is 23.6. The SMILES string of the molecule is CCCCCCCCCCCCCCCCCCN[C@H]1[C@@H](O)[C@H](O)[C@@H](CO)OC1(C)OC.Cl.N. The molecule has 0 aliphatic carbocycles. The molecule has 0 aromatic heterocycles. The molecule has 8 heteroatoms. The van der Waals surface area contributed by atoms with E-state index in [0.29, 0.717) is 0 Å². The molecule has 7 N–H and O–H groups in total. The standard InChI is InChI=1S/C26H53NO5.ClH.H3N/c1-4-5-6-7-8-9-10-11-12-13-14-15-16-17-18-19-20-27-25-24(30)23(29)22(21-28)32-26(25,2)31-3;;/h22-25,27-30H,4-21H2,1-3H3;1H;1H3/t22-,23-,24+,25+,26?;;/m1../s1. The number of ether oxygens (including phenoxy) is 2. The van der Waals surface area contributed by atoms with Gasteiger partial charge in [0.1, 0.15) is 18.3 Å². The Hall–Kier alpha value is 0.01000. The molecule has 1 unspecified atom stereocenters. The molecule has 1 fully saturated rings. The third-order valence-electron chi connectivity index (χ3n) is 7.00. The molecule has 0 aromatic rings. The van der Waals surface area contributed by atoms with Crippen molar-refractivity contribution in [3.63, 3.8) is 0 Å². The Balaban J connectivity index is 0. The normalized spacial score (nSPS) is 26.6. The summed E-state index contributed by atoms with van der Waals surface area (Å²) in [5, 5.41) is 33.3. The van der Waals surface area contributed by atoms with Crippen LogP contribution in [-0.4, -0.2) is 65.7 Å². The Bertz CT molecular complexity index is 449. The molecule has 0 aromatic carbocycles. The van der Waals surface area contributed by atoms with Gasteiger partial charge in [-0.3, -0.25) is 0 Å². The predicted molar refractivity (Wildman–Crippen MR) is 143 cm³/mol. The molecule has 1 rings (SSSR count). The molecule has 0 saturated carbocycles. The largest absolute Gasteiger partial charge is 0.394 e. The molecular formula is C26H57ClN2O5. The van der Waals surface area contributed by atoms with Gasteiger partial charge in [-0.25, -0.2) is 0 Å². The van der Waals surface area contributed by atoms with Crippen LogP contribution in [0.15, 0.2) is 0 Å². The highest BCUT2D eigenvalue weighted by Crippen LogP contribution is 2.30. The van der Waals surface area contributed by atoms with Gasteiger partial charge in [-0.2, -0.15) is 0 Å². The lowest BCUT2D eigenvalue weighted by atomic mass is 9.91. The van der Waals surface area contributed by atoms with Crippen molar-refractivity contribution < 1.29 is 24.8 Å². The second-order valence-electron chi connectivity index (χ2n) is 9.78. The van der Waals surface area contributed by atoms with E-state index in [0.717, 1.165) is 19.4 Å². The summed E-state index contributed by atoms with van der Waals surface area (Å²) in [5.41, 5.74) is 0. The Labute approximate surface area is 215 Å². The lowest BCUT2D eigenvalue weighted by Crippen LogP contribution is -2.69. The first-order valence-electron chi connectivity index (χ1n) is 13.4. The fraction of sp³-hybridized carbons (Fsp3) is 1.00. The van der Waals surface area contributed by atoms with Crippen LogP contribution in [0.25, 0.3) is 0 Å². The van der Waals surface area contributed by atoms with Crippen LogP contribution in [-0.2, 0) is 9.47 Å². The van der Waals surface area contributed by atoms with Crippen LogP contribution < -0.4 is 11.5 Å². The van der Waals surface area contributed by atoms with Crippen molar-refractivity contribution >= 4 is 12.4 Å². The van der Waals surface area contributed by atoms with Gasteiger partial charge in [0, 0.05) is 7.11 Å². The van der Waals surface area contributed by atoms with Gasteiger partial charge >= 0.3 is 0 Å². The molecule has 1 aliphatic heterocycles. The van der Waals surface area contributed by atoms with Crippen LogP contribution in [0.5, 0.6) is 0 Å². The van der Waals surface area contributed by atoms with Crippen molar-refractivity contribution in [1.29, 1.82) is 0 Å². The zero-order valence-electron chi connectivity index (χ0n) is 22.3. The summed E-state index contributed by atoms with van der Waals surface area (Å²) in [7, 11) is 1.52. The highest BCUT2D eigenvalue weighted by Gasteiger charge is 2.51. The topological polar surface area (TPSA) is 126 Å². The summed E-state index contributed by atoms with van der Waals surface area (Å²) in [4.78, 5) is 0. The minimum atomic E-state index is -1.13. The monoisotopic (exact) mass is 512 g/mol. The Morgan fingerprint density at radius 2 is 1.18 bits per heavy atom. The van der Waals surface area contributed by atoms with Crippen molar-refractivity contribution in [3.05, 3.63) is 0 Å². The maximum absolute atomic E-state index is 10.5. The number of hydrogen-bond donors (Lipinski definition) is 5. The zero-order valence-corrected chi connectivity index (χ0v) is 23.1. The van der Waals surface area contributed by atoms with Gasteiger partial charge in [-0.1, -0.05) is 103 Å². The van der Waals surface area contributed by atoms with E-state index in [9.17, 15) is 15.3 Å². The zero-order chi connectivity index (χ0) is 23.7. The third-order valence-corrected chi connectivity index (χ3v) is 7.00. The van der Waals surface area contributed by atoms with E-state index in [-0.39, 0.29) is 25.2 Å². The van der Waals surface area contributed by atoms with Gasteiger partial charge in [0.05, 0.1) is 12.6 Å². The lowest BCUT2D eigenvalue weighted by molar-refractivity contribution is -0.320. The van der Waals surface area contributed by atoms with E-state index >= 15 is 0 Å². The van der Waals surface area contributed by atoms with Crippen LogP contribution >= 0.6 is 12.4 Å². The summed E-state index contributed by atoms with van der Waals surface area (Å²) in [6.45, 7) is 4.38. The van der Waals surface area contributed by atoms with Crippen LogP contribution in [0.3, 0.4) is 0 Å². The molecular weight excluding hydrogens is 456 g/mol. The third kappa shape index (κ3) is 13.9. The number of unbranched alkanes of at least 4 members (excludes halogenated alkanes) is 15. The maximum atomic E-state index is 10.5. The van der Waals surface area contributed by atoms with E-state index in [1.165, 1.54) is 97.0 Å². The number of methoxy groups -OCH3 is 1. The average molecular weight is 513 g/mol. The van der Waals surface area contributed by atoms with Gasteiger partial charge in [0.2, 0.25) is 0 Å². The van der Waals surface area contributed by atoms with Crippen molar-refractivity contribution in [2.75, 3.05) is 20.3 Å². The van der Waals surface area contributed by atoms with Gasteiger partial charge < -0.3 is 36.3 Å². The number of halogens is 1. The molecule has 7 nitrogen and oxygen atoms in total. The summed E-state index contributed by atoms with van der Waals surface area (Å²) < 4.78 is 11.2. The van der Waals surface area contributed by atoms with Gasteiger partial charge in [0.15, 0.2) is 5.79 Å². The minimum absolute atomic E-state index is 0. The maximum Gasteiger partial charge on any atom is 0.183 e. The van der Waals surface area contributed by atoms with E-state index in [2.05, 4.69) is 12.2 Å². The van der Waals surface area contributed by atoms with Crippen LogP contribution in [0, 0.1) is 0 Å². The molecule has 208 valence electrons. The molecule has 0 spiro atoms. The average Bonchev–Trinajstić information content (AvgIpc) is 2.80. The first-order valence-corrected chi connectivity index (χ1v) is 13.4. The number of hydrogen-bond acceptors (Lipinski definition) is 7. The first kappa shape index (κ1) is 36.2. The highest BCUT2D eigenvalue weighted by atomic mass is 35.5. The predicted octanol–water partition coefficient (Wildman–Crippen LogP) is 5.27. The summed E-state index contributed by atoms with van der Waals surface area (Å²) in [6.07, 6.45) is 18.4. The molecule has 1 saturated heterocycles. The summed E-state index contributed by atoms with van der Waals surface area (Å²) in [5.74, 6) is -1.08. The molecule has 0 bridgehead atoms. The van der Waals surface area contributed by atoms with E-state index in [4.69, 9.17) is 9.47 Å².